The summed E-state index contributed by atoms with van der Waals surface area (Å²) in [6.45, 7) is 6.52. The SMILES string of the molecule is Cc1ccccc1-c1c(C)c2sc3c4ccccc4ccc3c2c2ccccc12.Cc1nc2c(nc1-c1cccc3ccccc13)oc1ccccc12. The molecule has 0 amide bonds. The summed E-state index contributed by atoms with van der Waals surface area (Å²) in [5.74, 6) is 0. The van der Waals surface area contributed by atoms with E-state index in [1.165, 1.54) is 74.7 Å². The van der Waals surface area contributed by atoms with Crippen molar-refractivity contribution in [3.8, 4) is 22.4 Å². The van der Waals surface area contributed by atoms with E-state index >= 15 is 0 Å². The fraction of sp³-hybridized carbons (Fsp3) is 0.0612. The number of thiophene rings is 1. The van der Waals surface area contributed by atoms with Gasteiger partial charge in [0.1, 0.15) is 11.1 Å². The Morgan fingerprint density at radius 1 is 0.472 bits per heavy atom. The quantitative estimate of drug-likeness (QED) is 0.180. The highest BCUT2D eigenvalue weighted by Crippen LogP contribution is 2.47. The minimum absolute atomic E-state index is 0.588. The Kier molecular flexibility index (Phi) is 7.34. The Hall–Kier alpha value is -6.36. The van der Waals surface area contributed by atoms with E-state index in [9.17, 15) is 0 Å². The van der Waals surface area contributed by atoms with Crippen LogP contribution < -0.4 is 0 Å². The van der Waals surface area contributed by atoms with Gasteiger partial charge in [-0.3, -0.25) is 0 Å². The molecular weight excluding hydrogens is 665 g/mol. The fourth-order valence-electron chi connectivity index (χ4n) is 8.08. The number of hydrogen-bond acceptors (Lipinski definition) is 4. The van der Waals surface area contributed by atoms with Gasteiger partial charge >= 0.3 is 0 Å². The van der Waals surface area contributed by atoms with Crippen molar-refractivity contribution in [2.24, 2.45) is 0 Å². The van der Waals surface area contributed by atoms with Gasteiger partial charge in [-0.1, -0.05) is 140 Å². The van der Waals surface area contributed by atoms with E-state index in [-0.39, 0.29) is 0 Å². The summed E-state index contributed by atoms with van der Waals surface area (Å²) in [5.41, 5.74) is 10.5. The van der Waals surface area contributed by atoms with Crippen LogP contribution in [0.2, 0.25) is 0 Å². The lowest BCUT2D eigenvalue weighted by Gasteiger charge is -2.15. The molecule has 11 rings (SSSR count). The predicted octanol–water partition coefficient (Wildman–Crippen LogP) is 14.1. The minimum atomic E-state index is 0.588. The van der Waals surface area contributed by atoms with Crippen LogP contribution in [0.1, 0.15) is 16.8 Å². The molecule has 0 radical (unpaired) electrons. The van der Waals surface area contributed by atoms with Crippen molar-refractivity contribution in [3.63, 3.8) is 0 Å². The van der Waals surface area contributed by atoms with Gasteiger partial charge in [-0.05, 0) is 87.5 Å². The van der Waals surface area contributed by atoms with Crippen LogP contribution in [0.3, 0.4) is 0 Å². The van der Waals surface area contributed by atoms with Gasteiger partial charge in [0.2, 0.25) is 5.71 Å². The second kappa shape index (κ2) is 12.4. The van der Waals surface area contributed by atoms with E-state index in [1.807, 2.05) is 54.7 Å². The lowest BCUT2D eigenvalue weighted by molar-refractivity contribution is 0.653. The third-order valence-corrected chi connectivity index (χ3v) is 12.0. The number of aryl methyl sites for hydroxylation is 3. The number of nitrogens with zero attached hydrogens (tertiary/aromatic N) is 2. The zero-order valence-electron chi connectivity index (χ0n) is 29.6. The van der Waals surface area contributed by atoms with Crippen molar-refractivity contribution in [2.75, 3.05) is 0 Å². The van der Waals surface area contributed by atoms with Crippen LogP contribution in [0, 0.1) is 20.8 Å². The summed E-state index contributed by atoms with van der Waals surface area (Å²) in [7, 11) is 0. The summed E-state index contributed by atoms with van der Waals surface area (Å²) < 4.78 is 8.72. The van der Waals surface area contributed by atoms with Gasteiger partial charge in [-0.15, -0.1) is 11.3 Å². The first kappa shape index (κ1) is 31.4. The molecular formula is C49H34N2OS. The van der Waals surface area contributed by atoms with E-state index in [0.29, 0.717) is 5.71 Å². The maximum Gasteiger partial charge on any atom is 0.246 e. The van der Waals surface area contributed by atoms with Crippen LogP contribution in [-0.2, 0) is 0 Å². The molecule has 8 aromatic carbocycles. The van der Waals surface area contributed by atoms with Gasteiger partial charge < -0.3 is 4.42 Å². The number of benzene rings is 8. The van der Waals surface area contributed by atoms with Crippen LogP contribution in [0.5, 0.6) is 0 Å². The number of hydrogen-bond donors (Lipinski definition) is 0. The second-order valence-electron chi connectivity index (χ2n) is 13.8. The largest absolute Gasteiger partial charge is 0.436 e. The van der Waals surface area contributed by atoms with Gasteiger partial charge in [0.25, 0.3) is 0 Å². The molecule has 252 valence electrons. The average molecular weight is 699 g/mol. The van der Waals surface area contributed by atoms with Gasteiger partial charge in [0, 0.05) is 31.1 Å². The van der Waals surface area contributed by atoms with E-state index in [4.69, 9.17) is 14.4 Å². The molecule has 11 aromatic rings. The highest BCUT2D eigenvalue weighted by Gasteiger charge is 2.19. The third-order valence-electron chi connectivity index (χ3n) is 10.6. The molecule has 3 nitrogen and oxygen atoms in total. The summed E-state index contributed by atoms with van der Waals surface area (Å²) in [6, 6.07) is 53.5. The molecule has 3 heterocycles. The van der Waals surface area contributed by atoms with Crippen LogP contribution in [0.25, 0.3) is 97.1 Å². The van der Waals surface area contributed by atoms with Gasteiger partial charge in [0.15, 0.2) is 0 Å². The first-order chi connectivity index (χ1) is 26.0. The van der Waals surface area contributed by atoms with Crippen molar-refractivity contribution in [2.45, 2.75) is 20.8 Å². The zero-order valence-corrected chi connectivity index (χ0v) is 30.5. The molecule has 0 fully saturated rings. The van der Waals surface area contributed by atoms with Crippen molar-refractivity contribution < 1.29 is 4.42 Å². The second-order valence-corrected chi connectivity index (χ2v) is 14.8. The molecule has 0 aliphatic heterocycles. The fourth-order valence-corrected chi connectivity index (χ4v) is 9.44. The molecule has 0 spiro atoms. The Bertz CT molecular complexity index is 3220. The lowest BCUT2D eigenvalue weighted by Crippen LogP contribution is -1.93. The first-order valence-corrected chi connectivity index (χ1v) is 18.8. The van der Waals surface area contributed by atoms with E-state index in [1.54, 1.807) is 0 Å². The molecule has 4 heteroatoms. The maximum absolute atomic E-state index is 5.91. The normalized spacial score (nSPS) is 11.7. The Balaban J connectivity index is 0.000000134. The van der Waals surface area contributed by atoms with E-state index in [2.05, 4.69) is 129 Å². The van der Waals surface area contributed by atoms with E-state index in [0.717, 1.165) is 33.4 Å². The molecule has 0 aliphatic rings. The molecule has 53 heavy (non-hydrogen) atoms. The molecule has 0 saturated carbocycles. The van der Waals surface area contributed by atoms with Crippen molar-refractivity contribution >= 4 is 86.0 Å². The highest BCUT2D eigenvalue weighted by atomic mass is 32.1. The molecule has 0 bridgehead atoms. The minimum Gasteiger partial charge on any atom is -0.436 e. The van der Waals surface area contributed by atoms with E-state index < -0.39 is 0 Å². The third kappa shape index (κ3) is 5.02. The van der Waals surface area contributed by atoms with Gasteiger partial charge in [0.05, 0.1) is 11.4 Å². The molecule has 0 unspecified atom stereocenters. The van der Waals surface area contributed by atoms with Crippen molar-refractivity contribution in [3.05, 3.63) is 168 Å². The molecule has 0 N–H and O–H groups in total. The van der Waals surface area contributed by atoms with Crippen LogP contribution in [0.4, 0.5) is 0 Å². The smallest absolute Gasteiger partial charge is 0.246 e. The predicted molar refractivity (Wildman–Crippen MR) is 226 cm³/mol. The molecule has 3 aromatic heterocycles. The summed E-state index contributed by atoms with van der Waals surface area (Å²) >= 11 is 1.95. The average Bonchev–Trinajstić information content (AvgIpc) is 3.78. The number of rotatable bonds is 2. The molecule has 0 atom stereocenters. The summed E-state index contributed by atoms with van der Waals surface area (Å²) in [5, 5.41) is 11.5. The number of para-hydroxylation sites is 1. The summed E-state index contributed by atoms with van der Waals surface area (Å²) in [6.07, 6.45) is 0. The van der Waals surface area contributed by atoms with Crippen LogP contribution in [0.15, 0.2) is 156 Å². The Morgan fingerprint density at radius 2 is 1.09 bits per heavy atom. The number of furan rings is 1. The maximum atomic E-state index is 5.91. The van der Waals surface area contributed by atoms with Gasteiger partial charge in [-0.25, -0.2) is 9.97 Å². The van der Waals surface area contributed by atoms with Crippen LogP contribution >= 0.6 is 11.3 Å². The number of fused-ring (bicyclic) bond motifs is 11. The topological polar surface area (TPSA) is 38.9 Å². The van der Waals surface area contributed by atoms with Crippen molar-refractivity contribution in [1.82, 2.24) is 9.97 Å². The lowest BCUT2D eigenvalue weighted by atomic mass is 9.89. The van der Waals surface area contributed by atoms with Gasteiger partial charge in [-0.2, -0.15) is 0 Å². The molecule has 0 aliphatic carbocycles. The zero-order chi connectivity index (χ0) is 35.6. The Labute approximate surface area is 310 Å². The monoisotopic (exact) mass is 698 g/mol. The first-order valence-electron chi connectivity index (χ1n) is 18.0. The number of aromatic nitrogens is 2. The highest BCUT2D eigenvalue weighted by molar-refractivity contribution is 7.27. The summed E-state index contributed by atoms with van der Waals surface area (Å²) in [4.78, 5) is 9.59. The van der Waals surface area contributed by atoms with Crippen molar-refractivity contribution in [1.29, 1.82) is 0 Å². The standard InChI is InChI=1S/C28H20S.C21H14N2O/c1-17-9-3-5-11-20(17)25-18(2)27-26(23-14-8-7-13-22(23)25)24-16-15-19-10-4-6-12-21(19)28(24)29-27;1-13-19(16-11-6-8-14-7-2-3-9-15(14)16)23-21-20(22-13)17-10-4-5-12-18(17)24-21/h3-16H,1-2H3;2-12H,1H3. The molecule has 0 saturated heterocycles. The van der Waals surface area contributed by atoms with Crippen LogP contribution in [-0.4, -0.2) is 9.97 Å². The Morgan fingerprint density at radius 3 is 1.91 bits per heavy atom.